The molecule has 386 valence electrons. The maximum Gasteiger partial charge on any atom is 0.362 e. The van der Waals surface area contributed by atoms with Gasteiger partial charge in [0.25, 0.3) is 0 Å². The molecule has 0 aliphatic carbocycles. The van der Waals surface area contributed by atoms with Crippen molar-refractivity contribution in [1.29, 1.82) is 0 Å². The molecule has 0 heterocycles. The Labute approximate surface area is 412 Å². The quantitative estimate of drug-likeness (QED) is 0.0281. The zero-order valence-corrected chi connectivity index (χ0v) is 44.1. The number of esters is 2. The van der Waals surface area contributed by atoms with Crippen LogP contribution >= 0.6 is 0 Å². The van der Waals surface area contributed by atoms with Crippen LogP contribution in [0.2, 0.25) is 0 Å². The number of hydrogen-bond acceptors (Lipinski definition) is 6. The van der Waals surface area contributed by atoms with E-state index in [1.807, 2.05) is 21.1 Å². The van der Waals surface area contributed by atoms with E-state index in [-0.39, 0.29) is 42.7 Å². The average molecular weight is 939 g/mol. The Bertz CT molecular complexity index is 1320. The van der Waals surface area contributed by atoms with Gasteiger partial charge < -0.3 is 23.8 Å². The first kappa shape index (κ1) is 63.8. The van der Waals surface area contributed by atoms with Gasteiger partial charge in [-0.3, -0.25) is 9.59 Å². The fourth-order valence-corrected chi connectivity index (χ4v) is 7.93. The Morgan fingerprint density at radius 3 is 1.22 bits per heavy atom. The Kier molecular flexibility index (Phi) is 46.8. The Hall–Kier alpha value is -3.23. The van der Waals surface area contributed by atoms with E-state index < -0.39 is 18.1 Å². The molecule has 0 aromatic heterocycles. The first-order chi connectivity index (χ1) is 32.6. The van der Waals surface area contributed by atoms with Crippen molar-refractivity contribution in [2.75, 3.05) is 41.0 Å². The van der Waals surface area contributed by atoms with Crippen LogP contribution in [-0.4, -0.2) is 80.6 Å². The van der Waals surface area contributed by atoms with Crippen molar-refractivity contribution in [2.24, 2.45) is 0 Å². The number of nitrogens with zero attached hydrogens (tertiary/aromatic N) is 1. The van der Waals surface area contributed by atoms with Crippen molar-refractivity contribution >= 4 is 17.9 Å². The maximum absolute atomic E-state index is 12.8. The number of carbonyl (C=O) groups excluding carboxylic acids is 2. The number of ether oxygens (including phenoxy) is 3. The van der Waals surface area contributed by atoms with Crippen LogP contribution in [0.3, 0.4) is 0 Å². The van der Waals surface area contributed by atoms with Crippen molar-refractivity contribution in [3.63, 3.8) is 0 Å². The second kappa shape index (κ2) is 49.2. The van der Waals surface area contributed by atoms with Gasteiger partial charge in [0.15, 0.2) is 12.1 Å². The van der Waals surface area contributed by atoms with Crippen LogP contribution < -0.4 is 0 Å². The summed E-state index contributed by atoms with van der Waals surface area (Å²) in [7, 11) is 5.52. The van der Waals surface area contributed by atoms with Gasteiger partial charge in [-0.1, -0.05) is 228 Å². The van der Waals surface area contributed by atoms with E-state index in [4.69, 9.17) is 14.2 Å². The minimum absolute atomic E-state index is 0.0421. The molecule has 0 aliphatic rings. The smallest absolute Gasteiger partial charge is 0.362 e. The van der Waals surface area contributed by atoms with Gasteiger partial charge in [0.1, 0.15) is 6.61 Å². The maximum atomic E-state index is 12.8. The third-order valence-corrected chi connectivity index (χ3v) is 12.1. The first-order valence-corrected chi connectivity index (χ1v) is 27.5. The number of carboxylic acid groups (broad SMARTS) is 1. The highest BCUT2D eigenvalue weighted by Gasteiger charge is 2.31. The molecule has 0 amide bonds. The number of hydrogen-bond donors (Lipinski definition) is 1. The molecule has 0 aliphatic heterocycles. The number of allylic oxidation sites excluding steroid dienone is 12. The molecule has 8 nitrogen and oxygen atoms in total. The number of quaternary nitrogens is 1. The topological polar surface area (TPSA) is 99.1 Å². The summed E-state index contributed by atoms with van der Waals surface area (Å²) >= 11 is 0. The summed E-state index contributed by atoms with van der Waals surface area (Å²) in [6.07, 6.45) is 64.0. The van der Waals surface area contributed by atoms with Gasteiger partial charge in [-0.15, -0.1) is 0 Å². The molecule has 1 N–H and O–H groups in total. The third kappa shape index (κ3) is 47.6. The lowest BCUT2D eigenvalue weighted by molar-refractivity contribution is -0.887. The zero-order valence-electron chi connectivity index (χ0n) is 44.1. The lowest BCUT2D eigenvalue weighted by Gasteiger charge is -2.31. The second-order valence-corrected chi connectivity index (χ2v) is 19.5. The fourth-order valence-electron chi connectivity index (χ4n) is 7.93. The van der Waals surface area contributed by atoms with Crippen molar-refractivity contribution in [2.45, 2.75) is 244 Å². The molecule has 0 spiro atoms. The Morgan fingerprint density at radius 2 is 0.836 bits per heavy atom. The Balaban J connectivity index is 4.27. The molecule has 0 aromatic carbocycles. The molecule has 2 atom stereocenters. The van der Waals surface area contributed by atoms with E-state index in [0.717, 1.165) is 64.2 Å². The molecule has 2 unspecified atom stereocenters. The van der Waals surface area contributed by atoms with Crippen LogP contribution in [0.4, 0.5) is 0 Å². The van der Waals surface area contributed by atoms with E-state index in [2.05, 4.69) is 86.8 Å². The molecule has 0 rings (SSSR count). The average Bonchev–Trinajstić information content (AvgIpc) is 3.29. The van der Waals surface area contributed by atoms with Gasteiger partial charge in [0.2, 0.25) is 0 Å². The van der Waals surface area contributed by atoms with Gasteiger partial charge in [-0.25, -0.2) is 4.79 Å². The Morgan fingerprint density at radius 1 is 0.463 bits per heavy atom. The van der Waals surface area contributed by atoms with E-state index >= 15 is 0 Å². The minimum atomic E-state index is -0.882. The minimum Gasteiger partial charge on any atom is -0.477 e. The van der Waals surface area contributed by atoms with Gasteiger partial charge in [0.05, 0.1) is 34.4 Å². The van der Waals surface area contributed by atoms with Crippen LogP contribution in [0.5, 0.6) is 0 Å². The van der Waals surface area contributed by atoms with Crippen molar-refractivity contribution in [3.05, 3.63) is 72.9 Å². The van der Waals surface area contributed by atoms with E-state index in [9.17, 15) is 19.5 Å². The van der Waals surface area contributed by atoms with Gasteiger partial charge in [0, 0.05) is 19.3 Å². The summed E-state index contributed by atoms with van der Waals surface area (Å²) < 4.78 is 17.3. The molecule has 0 saturated carbocycles. The van der Waals surface area contributed by atoms with E-state index in [1.165, 1.54) is 128 Å². The first-order valence-electron chi connectivity index (χ1n) is 27.5. The van der Waals surface area contributed by atoms with Crippen LogP contribution in [0, 0.1) is 0 Å². The summed E-state index contributed by atoms with van der Waals surface area (Å²) in [5.41, 5.74) is 0. The van der Waals surface area contributed by atoms with Crippen LogP contribution in [-0.2, 0) is 28.6 Å². The number of rotatable bonds is 49. The fraction of sp³-hybridized carbons (Fsp3) is 0.746. The van der Waals surface area contributed by atoms with Gasteiger partial charge in [-0.05, 0) is 57.8 Å². The predicted octanol–water partition coefficient (Wildman–Crippen LogP) is 16.3. The van der Waals surface area contributed by atoms with Crippen LogP contribution in [0.25, 0.3) is 0 Å². The molecule has 0 aromatic rings. The number of carbonyl (C=O) groups is 3. The number of aliphatic carboxylic acids is 1. The lowest BCUT2D eigenvalue weighted by atomic mass is 10.0. The molecule has 0 fully saturated rings. The molecular formula is C59H104NO7+. The summed E-state index contributed by atoms with van der Waals surface area (Å²) in [6, 6.07) is -0.626. The number of carboxylic acids is 1. The molecule has 67 heavy (non-hydrogen) atoms. The normalized spacial score (nSPS) is 13.4. The standard InChI is InChI=1S/C59H103NO7/c1-6-8-10-12-14-16-18-20-22-24-26-28-29-30-32-34-36-38-40-42-44-46-48-50-58(62)67-55(53-65-52-51-56(59(63)64)60(3,4)5)54-66-57(61)49-47-45-43-41-39-37-35-33-31-27-25-23-21-19-17-15-13-11-9-7-2/h9,11,15,17,21,23,27,31,35,37,41,43,55-56H,6-8,10,12-14,16,18-20,22,24-26,28-30,32-34,36,38-40,42,44-54H2,1-5H3/p+1/b11-9+,17-15+,23-21+,31-27+,37-35+,43-41+. The third-order valence-electron chi connectivity index (χ3n) is 12.1. The molecule has 8 heteroatoms. The molecule has 0 radical (unpaired) electrons. The highest BCUT2D eigenvalue weighted by atomic mass is 16.6. The highest BCUT2D eigenvalue weighted by Crippen LogP contribution is 2.16. The van der Waals surface area contributed by atoms with Gasteiger partial charge in [-0.2, -0.15) is 0 Å². The van der Waals surface area contributed by atoms with Crippen molar-refractivity contribution < 1.29 is 38.2 Å². The van der Waals surface area contributed by atoms with E-state index in [0.29, 0.717) is 19.3 Å². The number of unbranched alkanes of at least 4 members (excludes halogenated alkanes) is 23. The molecule has 0 saturated heterocycles. The van der Waals surface area contributed by atoms with Crippen molar-refractivity contribution in [1.82, 2.24) is 0 Å². The SMILES string of the molecule is CC/C=C/C/C=C/C/C=C/C/C=C/C/C=C/C/C=C/CCCC(=O)OCC(COCCC(C(=O)O)[N+](C)(C)C)OC(=O)CCCCCCCCCCCCCCCCCCCCCCCCC. The highest BCUT2D eigenvalue weighted by molar-refractivity contribution is 5.72. The monoisotopic (exact) mass is 939 g/mol. The largest absolute Gasteiger partial charge is 0.477 e. The van der Waals surface area contributed by atoms with Crippen molar-refractivity contribution in [3.8, 4) is 0 Å². The predicted molar refractivity (Wildman–Crippen MR) is 284 cm³/mol. The van der Waals surface area contributed by atoms with E-state index in [1.54, 1.807) is 0 Å². The summed E-state index contributed by atoms with van der Waals surface area (Å²) in [4.78, 5) is 37.2. The summed E-state index contributed by atoms with van der Waals surface area (Å²) in [5.74, 6) is -1.54. The summed E-state index contributed by atoms with van der Waals surface area (Å²) in [6.45, 7) is 4.59. The van der Waals surface area contributed by atoms with Gasteiger partial charge >= 0.3 is 17.9 Å². The number of likely N-dealkylation sites (N-methyl/N-ethyl adjacent to an activating group) is 1. The molecular weight excluding hydrogens is 835 g/mol. The molecule has 0 bridgehead atoms. The lowest BCUT2D eigenvalue weighted by Crippen LogP contribution is -2.50. The summed E-state index contributed by atoms with van der Waals surface area (Å²) in [5, 5.41) is 9.67. The van der Waals surface area contributed by atoms with Crippen LogP contribution in [0.15, 0.2) is 72.9 Å². The zero-order chi connectivity index (χ0) is 49.2. The van der Waals surface area contributed by atoms with Crippen LogP contribution in [0.1, 0.15) is 232 Å². The second-order valence-electron chi connectivity index (χ2n) is 19.5.